The van der Waals surface area contributed by atoms with Crippen molar-refractivity contribution in [2.24, 2.45) is 17.8 Å². The molecule has 0 radical (unpaired) electrons. The van der Waals surface area contributed by atoms with E-state index < -0.39 is 5.60 Å². The lowest BCUT2D eigenvalue weighted by molar-refractivity contribution is -0.128. The number of nitrogens with zero attached hydrogens (tertiary/aromatic N) is 1. The van der Waals surface area contributed by atoms with Gasteiger partial charge in [0, 0.05) is 26.4 Å². The van der Waals surface area contributed by atoms with Crippen LogP contribution >= 0.6 is 0 Å². The van der Waals surface area contributed by atoms with E-state index in [0.717, 1.165) is 44.9 Å². The second-order valence-electron chi connectivity index (χ2n) is 9.47. The molecule has 0 bridgehead atoms. The molecule has 0 aromatic carbocycles. The molecule has 0 aromatic rings. The molecule has 4 heteroatoms. The highest BCUT2D eigenvalue weighted by atomic mass is 16.3. The lowest BCUT2D eigenvalue weighted by atomic mass is 9.88. The Balaban J connectivity index is 1.80. The second kappa shape index (κ2) is 11.1. The Labute approximate surface area is 177 Å². The van der Waals surface area contributed by atoms with E-state index in [9.17, 15) is 15.0 Å². The fourth-order valence-corrected chi connectivity index (χ4v) is 4.64. The zero-order chi connectivity index (χ0) is 21.4. The molecule has 0 heterocycles. The van der Waals surface area contributed by atoms with E-state index in [-0.39, 0.29) is 17.9 Å². The fraction of sp³-hybridized carbons (Fsp3) is 0.720. The molecule has 164 valence electrons. The quantitative estimate of drug-likeness (QED) is 0.390. The van der Waals surface area contributed by atoms with Gasteiger partial charge in [-0.3, -0.25) is 4.79 Å². The van der Waals surface area contributed by atoms with Crippen molar-refractivity contribution >= 4 is 5.91 Å². The molecule has 1 fully saturated rings. The first kappa shape index (κ1) is 23.9. The van der Waals surface area contributed by atoms with E-state index in [2.05, 4.69) is 37.3 Å². The molecular weight excluding hydrogens is 362 g/mol. The van der Waals surface area contributed by atoms with Crippen LogP contribution in [0, 0.1) is 17.8 Å². The molecule has 4 nitrogen and oxygen atoms in total. The van der Waals surface area contributed by atoms with Gasteiger partial charge in [-0.15, -0.1) is 0 Å². The Morgan fingerprint density at radius 1 is 1.31 bits per heavy atom. The number of amides is 1. The lowest BCUT2D eigenvalue weighted by Gasteiger charge is -2.22. The molecule has 1 amide bonds. The lowest BCUT2D eigenvalue weighted by Crippen LogP contribution is -2.23. The third kappa shape index (κ3) is 7.42. The summed E-state index contributed by atoms with van der Waals surface area (Å²) in [6.45, 7) is 4.05. The second-order valence-corrected chi connectivity index (χ2v) is 9.47. The Bertz CT molecular complexity index is 618. The zero-order valence-corrected chi connectivity index (χ0v) is 18.8. The Morgan fingerprint density at radius 3 is 2.76 bits per heavy atom. The normalized spacial score (nSPS) is 28.7. The molecule has 29 heavy (non-hydrogen) atoms. The van der Waals surface area contributed by atoms with E-state index in [4.69, 9.17) is 0 Å². The molecule has 2 aliphatic carbocycles. The zero-order valence-electron chi connectivity index (χ0n) is 18.8. The highest BCUT2D eigenvalue weighted by molar-refractivity contribution is 5.75. The highest BCUT2D eigenvalue weighted by Crippen LogP contribution is 2.47. The highest BCUT2D eigenvalue weighted by Gasteiger charge is 2.42. The van der Waals surface area contributed by atoms with Crippen molar-refractivity contribution < 1.29 is 15.0 Å². The van der Waals surface area contributed by atoms with Crippen molar-refractivity contribution in [3.05, 3.63) is 36.0 Å². The van der Waals surface area contributed by atoms with E-state index in [1.54, 1.807) is 19.0 Å². The van der Waals surface area contributed by atoms with Crippen molar-refractivity contribution in [3.63, 3.8) is 0 Å². The number of fused-ring (bicyclic) bond motifs is 1. The number of hydrogen-bond acceptors (Lipinski definition) is 3. The van der Waals surface area contributed by atoms with Gasteiger partial charge in [-0.1, -0.05) is 55.7 Å². The van der Waals surface area contributed by atoms with Gasteiger partial charge in [0.2, 0.25) is 5.91 Å². The van der Waals surface area contributed by atoms with Crippen molar-refractivity contribution in [3.8, 4) is 0 Å². The van der Waals surface area contributed by atoms with Crippen LogP contribution in [0.3, 0.4) is 0 Å². The van der Waals surface area contributed by atoms with Crippen LogP contribution in [0.25, 0.3) is 0 Å². The summed E-state index contributed by atoms with van der Waals surface area (Å²) in [5.41, 5.74) is 0.713. The molecule has 0 saturated heterocycles. The number of unbranched alkanes of at least 4 members (excludes halogenated alkanes) is 2. The van der Waals surface area contributed by atoms with Crippen LogP contribution in [-0.2, 0) is 4.79 Å². The van der Waals surface area contributed by atoms with Gasteiger partial charge in [-0.2, -0.15) is 0 Å². The summed E-state index contributed by atoms with van der Waals surface area (Å²) in [6, 6.07) is 0. The van der Waals surface area contributed by atoms with Crippen molar-refractivity contribution in [1.82, 2.24) is 4.90 Å². The molecule has 0 unspecified atom stereocenters. The van der Waals surface area contributed by atoms with E-state index in [1.165, 1.54) is 5.57 Å². The first-order valence-electron chi connectivity index (χ1n) is 11.4. The summed E-state index contributed by atoms with van der Waals surface area (Å²) in [5, 5.41) is 21.0. The van der Waals surface area contributed by atoms with Gasteiger partial charge in [0.1, 0.15) is 0 Å². The Morgan fingerprint density at radius 2 is 2.07 bits per heavy atom. The first-order chi connectivity index (χ1) is 13.7. The molecule has 0 spiro atoms. The maximum atomic E-state index is 11.6. The van der Waals surface area contributed by atoms with E-state index >= 15 is 0 Å². The minimum Gasteiger partial charge on any atom is -0.392 e. The van der Waals surface area contributed by atoms with Crippen molar-refractivity contribution in [1.29, 1.82) is 0 Å². The third-order valence-corrected chi connectivity index (χ3v) is 6.48. The molecule has 2 rings (SSSR count). The maximum absolute atomic E-state index is 11.6. The third-order valence-electron chi connectivity index (χ3n) is 6.48. The average Bonchev–Trinajstić information content (AvgIpc) is 3.17. The molecule has 2 aliphatic rings. The molecule has 0 aromatic heterocycles. The van der Waals surface area contributed by atoms with Crippen LogP contribution in [0.4, 0.5) is 0 Å². The Kier molecular flexibility index (Phi) is 9.16. The predicted octanol–water partition coefficient (Wildman–Crippen LogP) is 4.63. The number of carbonyl (C=O) groups excluding carboxylic acids is 1. The minimum atomic E-state index is -0.648. The smallest absolute Gasteiger partial charge is 0.222 e. The van der Waals surface area contributed by atoms with Gasteiger partial charge in [-0.25, -0.2) is 0 Å². The number of allylic oxidation sites excluding steroid dienone is 4. The fourth-order valence-electron chi connectivity index (χ4n) is 4.64. The average molecular weight is 404 g/mol. The molecule has 1 saturated carbocycles. The summed E-state index contributed by atoms with van der Waals surface area (Å²) in [5.74, 6) is 1.29. The van der Waals surface area contributed by atoms with Gasteiger partial charge in [0.05, 0.1) is 11.7 Å². The van der Waals surface area contributed by atoms with Gasteiger partial charge in [0.15, 0.2) is 0 Å². The summed E-state index contributed by atoms with van der Waals surface area (Å²) in [6.07, 6.45) is 18.6. The summed E-state index contributed by atoms with van der Waals surface area (Å²) < 4.78 is 0. The predicted molar refractivity (Wildman–Crippen MR) is 119 cm³/mol. The van der Waals surface area contributed by atoms with Crippen LogP contribution in [0.2, 0.25) is 0 Å². The SMILES string of the molecule is CCCC[C@](C)(O)CC=C[C@@H]1[C@H]2CC(C=CCCCC(=O)N(C)C)=C[C@H]2C[C@H]1O. The van der Waals surface area contributed by atoms with Crippen molar-refractivity contribution in [2.75, 3.05) is 14.1 Å². The summed E-state index contributed by atoms with van der Waals surface area (Å²) >= 11 is 0. The monoisotopic (exact) mass is 403 g/mol. The van der Waals surface area contributed by atoms with Gasteiger partial charge in [-0.05, 0) is 57.3 Å². The van der Waals surface area contributed by atoms with Crippen LogP contribution in [-0.4, -0.2) is 46.8 Å². The van der Waals surface area contributed by atoms with Gasteiger partial charge < -0.3 is 15.1 Å². The first-order valence-corrected chi connectivity index (χ1v) is 11.4. The molecular formula is C25H41NO3. The number of aliphatic hydroxyl groups excluding tert-OH is 1. The standard InChI is InChI=1S/C25H41NO3/c1-5-6-14-25(2,29)15-10-12-21-22-17-19(16-20(22)18-23(21)27)11-8-7-9-13-24(28)26(3)4/h8,10-12,16,20-23,27,29H,5-7,9,13-15,17-18H2,1-4H3/t20-,21+,22-,23+,25-/m0/s1. The van der Waals surface area contributed by atoms with E-state index in [1.807, 2.05) is 6.92 Å². The van der Waals surface area contributed by atoms with Gasteiger partial charge in [0.25, 0.3) is 0 Å². The van der Waals surface area contributed by atoms with Gasteiger partial charge >= 0.3 is 0 Å². The van der Waals surface area contributed by atoms with Crippen LogP contribution < -0.4 is 0 Å². The van der Waals surface area contributed by atoms with Crippen LogP contribution in [0.1, 0.15) is 71.6 Å². The topological polar surface area (TPSA) is 60.8 Å². The number of carbonyl (C=O) groups is 1. The molecule has 0 aliphatic heterocycles. The summed E-state index contributed by atoms with van der Waals surface area (Å²) in [7, 11) is 3.59. The largest absolute Gasteiger partial charge is 0.392 e. The van der Waals surface area contributed by atoms with E-state index in [0.29, 0.717) is 24.7 Å². The minimum absolute atomic E-state index is 0.182. The number of rotatable bonds is 11. The van der Waals surface area contributed by atoms with Crippen LogP contribution in [0.5, 0.6) is 0 Å². The Hall–Kier alpha value is -1.39. The van der Waals surface area contributed by atoms with Crippen molar-refractivity contribution in [2.45, 2.75) is 83.3 Å². The maximum Gasteiger partial charge on any atom is 0.222 e. The number of hydrogen-bond donors (Lipinski definition) is 2. The van der Waals surface area contributed by atoms with Crippen LogP contribution in [0.15, 0.2) is 36.0 Å². The summed E-state index contributed by atoms with van der Waals surface area (Å²) in [4.78, 5) is 13.3. The molecule has 2 N–H and O–H groups in total. The molecule has 5 atom stereocenters. The number of aliphatic hydroxyl groups is 2.